The van der Waals surface area contributed by atoms with Gasteiger partial charge in [0.25, 0.3) is 0 Å². The van der Waals surface area contributed by atoms with Gasteiger partial charge < -0.3 is 9.80 Å². The van der Waals surface area contributed by atoms with Crippen LogP contribution in [0.15, 0.2) is 413 Å². The van der Waals surface area contributed by atoms with Gasteiger partial charge in [0.1, 0.15) is 0 Å². The van der Waals surface area contributed by atoms with E-state index in [0.717, 1.165) is 85.1 Å². The molecular formula is C111H82N2. The fourth-order valence-corrected chi connectivity index (χ4v) is 18.1. The van der Waals surface area contributed by atoms with Crippen LogP contribution in [0.4, 0.5) is 34.1 Å². The van der Waals surface area contributed by atoms with Crippen LogP contribution in [0.3, 0.4) is 0 Å². The van der Waals surface area contributed by atoms with E-state index in [2.05, 4.69) is 450 Å². The van der Waals surface area contributed by atoms with Crippen molar-refractivity contribution in [1.82, 2.24) is 0 Å². The molecule has 2 aliphatic carbocycles. The summed E-state index contributed by atoms with van der Waals surface area (Å²) in [6.45, 7) is 9.48. The van der Waals surface area contributed by atoms with Gasteiger partial charge in [-0.2, -0.15) is 0 Å². The zero-order chi connectivity index (χ0) is 75.7. The molecule has 0 heterocycles. The summed E-state index contributed by atoms with van der Waals surface area (Å²) in [6, 6.07) is 153. The second kappa shape index (κ2) is 28.2. The Kier molecular flexibility index (Phi) is 17.1. The molecule has 2 aliphatic rings. The summed E-state index contributed by atoms with van der Waals surface area (Å²) in [5.41, 5.74) is 38.2. The molecule has 0 amide bonds. The van der Waals surface area contributed by atoms with Crippen LogP contribution >= 0.6 is 0 Å². The number of nitrogens with zero attached hydrogens (tertiary/aromatic N) is 2. The Balaban J connectivity index is 0.641. The van der Waals surface area contributed by atoms with Crippen molar-refractivity contribution >= 4 is 55.7 Å². The molecule has 0 aliphatic heterocycles. The SMILES string of the molecule is CCC1(C)c2ccccc2-c2ccc(-c3ccc(N(c4ccc(-c5ccc(-c6ccc(-c7cc(N(c8ccc(-c9ccc%10ccccc%10c9)cc8)c8ccc9c(c8)C(C)(C)c8ccccc8-9)ccc7-c7ccc(-c8ccc9ccccc9c8)cc7)cc6)cc5)cc4)c4ccc(-c5ccccc5)c(-c5ccccc5)c4)cc3)cc21. The zero-order valence-corrected chi connectivity index (χ0v) is 63.9. The maximum atomic E-state index is 2.46. The van der Waals surface area contributed by atoms with Crippen LogP contribution in [-0.2, 0) is 10.8 Å². The lowest BCUT2D eigenvalue weighted by atomic mass is 9.77. The van der Waals surface area contributed by atoms with Gasteiger partial charge in [-0.3, -0.25) is 0 Å². The second-order valence-electron chi connectivity index (χ2n) is 31.3. The smallest absolute Gasteiger partial charge is 0.0468 e. The van der Waals surface area contributed by atoms with Crippen molar-refractivity contribution in [3.8, 4) is 122 Å². The van der Waals surface area contributed by atoms with Crippen molar-refractivity contribution in [3.63, 3.8) is 0 Å². The second-order valence-corrected chi connectivity index (χ2v) is 31.3. The minimum absolute atomic E-state index is 0.0440. The van der Waals surface area contributed by atoms with Gasteiger partial charge in [-0.15, -0.1) is 0 Å². The van der Waals surface area contributed by atoms with Crippen LogP contribution in [0.1, 0.15) is 56.4 Å². The van der Waals surface area contributed by atoms with Gasteiger partial charge in [0, 0.05) is 45.0 Å². The number of fused-ring (bicyclic) bond motifs is 8. The summed E-state index contributed by atoms with van der Waals surface area (Å²) >= 11 is 0. The molecule has 0 bridgehead atoms. The average molecular weight is 1440 g/mol. The summed E-state index contributed by atoms with van der Waals surface area (Å²) < 4.78 is 0. The molecule has 1 atom stereocenters. The van der Waals surface area contributed by atoms with E-state index >= 15 is 0 Å². The van der Waals surface area contributed by atoms with E-state index in [-0.39, 0.29) is 10.8 Å². The van der Waals surface area contributed by atoms with Gasteiger partial charge in [-0.25, -0.2) is 0 Å². The predicted molar refractivity (Wildman–Crippen MR) is 479 cm³/mol. The van der Waals surface area contributed by atoms with Crippen LogP contribution < -0.4 is 9.80 Å². The molecular weight excluding hydrogens is 1360 g/mol. The molecule has 1 unspecified atom stereocenters. The number of hydrogen-bond donors (Lipinski definition) is 0. The molecule has 18 aromatic carbocycles. The van der Waals surface area contributed by atoms with E-state index in [1.54, 1.807) is 0 Å². The van der Waals surface area contributed by atoms with E-state index in [4.69, 9.17) is 0 Å². The van der Waals surface area contributed by atoms with Crippen LogP contribution in [-0.4, -0.2) is 0 Å². The maximum absolute atomic E-state index is 2.46. The summed E-state index contributed by atoms with van der Waals surface area (Å²) in [4.78, 5) is 4.87. The first-order valence-corrected chi connectivity index (χ1v) is 39.6. The van der Waals surface area contributed by atoms with Crippen LogP contribution in [0, 0.1) is 0 Å². The Morgan fingerprint density at radius 1 is 0.177 bits per heavy atom. The molecule has 0 N–H and O–H groups in total. The molecule has 0 saturated heterocycles. The number of hydrogen-bond acceptors (Lipinski definition) is 2. The number of rotatable bonds is 16. The van der Waals surface area contributed by atoms with E-state index in [1.165, 1.54) is 122 Å². The van der Waals surface area contributed by atoms with E-state index in [0.29, 0.717) is 0 Å². The van der Waals surface area contributed by atoms with Crippen molar-refractivity contribution < 1.29 is 0 Å². The quantitative estimate of drug-likeness (QED) is 0.0951. The molecule has 113 heavy (non-hydrogen) atoms. The fraction of sp³-hybridized carbons (Fsp3) is 0.0631. The normalized spacial score (nSPS) is 13.6. The monoisotopic (exact) mass is 1440 g/mol. The molecule has 18 aromatic rings. The third-order valence-electron chi connectivity index (χ3n) is 24.5. The summed E-state index contributed by atoms with van der Waals surface area (Å²) in [7, 11) is 0. The van der Waals surface area contributed by atoms with E-state index in [1.807, 2.05) is 0 Å². The standard InChI is InChI=1S/C111H82N2/c1-5-111(4)107-31-19-17-29-101(107)103-64-54-91(70-109(103)111)82-52-57-93(58-53-82)112(95-61-65-98(83-22-8-6-9-23-83)104(71-95)84-24-10-7-11-25-84)92-55-48-79(49-56-92)77-34-32-76(33-35-77)78-36-44-86(45-37-78)105-72-96(62-66-99(105)85-42-38-80(39-43-85)89-46-40-74-20-12-14-26-87(74)68-89)113(97-63-67-102-100-28-16-18-30-106(100)110(2,3)108(102)73-97)94-59-50-81(51-60-94)90-47-41-75-21-13-15-27-88(75)69-90/h6-73H,5H2,1-4H3. The minimum Gasteiger partial charge on any atom is -0.310 e. The van der Waals surface area contributed by atoms with Crippen LogP contribution in [0.25, 0.3) is 144 Å². The maximum Gasteiger partial charge on any atom is 0.0468 e. The van der Waals surface area contributed by atoms with Crippen LogP contribution in [0.5, 0.6) is 0 Å². The average Bonchev–Trinajstić information content (AvgIpc) is 1.60. The van der Waals surface area contributed by atoms with Gasteiger partial charge in [0.05, 0.1) is 0 Å². The third kappa shape index (κ3) is 12.3. The van der Waals surface area contributed by atoms with Crippen molar-refractivity contribution in [3.05, 3.63) is 435 Å². The Hall–Kier alpha value is -13.9. The summed E-state index contributed by atoms with van der Waals surface area (Å²) in [5.74, 6) is 0. The highest BCUT2D eigenvalue weighted by molar-refractivity contribution is 5.96. The largest absolute Gasteiger partial charge is 0.310 e. The molecule has 0 saturated carbocycles. The van der Waals surface area contributed by atoms with Crippen LogP contribution in [0.2, 0.25) is 0 Å². The molecule has 2 heteroatoms. The summed E-state index contributed by atoms with van der Waals surface area (Å²) in [6.07, 6.45) is 1.03. The van der Waals surface area contributed by atoms with Gasteiger partial charge in [0.2, 0.25) is 0 Å². The Morgan fingerprint density at radius 2 is 0.460 bits per heavy atom. The lowest BCUT2D eigenvalue weighted by Gasteiger charge is -2.29. The Bertz CT molecular complexity index is 6640. The molecule has 0 spiro atoms. The highest BCUT2D eigenvalue weighted by atomic mass is 15.1. The molecule has 0 radical (unpaired) electrons. The van der Waals surface area contributed by atoms with Crippen molar-refractivity contribution in [2.45, 2.75) is 44.9 Å². The molecule has 20 rings (SSSR count). The fourth-order valence-electron chi connectivity index (χ4n) is 18.1. The van der Waals surface area contributed by atoms with E-state index < -0.39 is 0 Å². The van der Waals surface area contributed by atoms with Gasteiger partial charge in [0.15, 0.2) is 0 Å². The molecule has 0 fully saturated rings. The Morgan fingerprint density at radius 3 is 0.929 bits per heavy atom. The topological polar surface area (TPSA) is 6.48 Å². The highest BCUT2D eigenvalue weighted by Gasteiger charge is 2.39. The first-order valence-electron chi connectivity index (χ1n) is 39.6. The molecule has 536 valence electrons. The lowest BCUT2D eigenvalue weighted by Crippen LogP contribution is -2.19. The first kappa shape index (κ1) is 68.4. The van der Waals surface area contributed by atoms with Gasteiger partial charge in [-0.1, -0.05) is 349 Å². The van der Waals surface area contributed by atoms with Crippen molar-refractivity contribution in [1.29, 1.82) is 0 Å². The number of anilines is 6. The minimum atomic E-state index is -0.184. The number of benzene rings is 18. The van der Waals surface area contributed by atoms with Gasteiger partial charge in [-0.05, 0) is 264 Å². The van der Waals surface area contributed by atoms with Gasteiger partial charge >= 0.3 is 0 Å². The Labute approximate surface area is 663 Å². The first-order chi connectivity index (χ1) is 55.5. The lowest BCUT2D eigenvalue weighted by molar-refractivity contribution is 0.565. The predicted octanol–water partition coefficient (Wildman–Crippen LogP) is 30.9. The molecule has 2 nitrogen and oxygen atoms in total. The highest BCUT2D eigenvalue weighted by Crippen LogP contribution is 2.54. The summed E-state index contributed by atoms with van der Waals surface area (Å²) in [5, 5.41) is 4.95. The zero-order valence-electron chi connectivity index (χ0n) is 63.9. The third-order valence-corrected chi connectivity index (χ3v) is 24.5. The molecule has 0 aromatic heterocycles. The van der Waals surface area contributed by atoms with Crippen molar-refractivity contribution in [2.24, 2.45) is 0 Å². The van der Waals surface area contributed by atoms with Crippen molar-refractivity contribution in [2.75, 3.05) is 9.80 Å². The van der Waals surface area contributed by atoms with E-state index in [9.17, 15) is 0 Å².